The van der Waals surface area contributed by atoms with Crippen LogP contribution in [0.5, 0.6) is 5.75 Å². The Hall–Kier alpha value is -1.59. The van der Waals surface area contributed by atoms with Crippen LogP contribution in [0.2, 0.25) is 0 Å². The Bertz CT molecular complexity index is 578. The highest BCUT2D eigenvalue weighted by atomic mass is 16.5. The molecule has 3 rings (SSSR count). The third kappa shape index (κ3) is 4.98. The Morgan fingerprint density at radius 2 is 1.88 bits per heavy atom. The predicted molar refractivity (Wildman–Crippen MR) is 104 cm³/mol. The Morgan fingerprint density at radius 1 is 1.19 bits per heavy atom. The lowest BCUT2D eigenvalue weighted by molar-refractivity contribution is -0.134. The third-order valence-corrected chi connectivity index (χ3v) is 6.00. The van der Waals surface area contributed by atoms with E-state index >= 15 is 0 Å². The average molecular weight is 360 g/mol. The Morgan fingerprint density at radius 3 is 2.58 bits per heavy atom. The molecule has 26 heavy (non-hydrogen) atoms. The van der Waals surface area contributed by atoms with E-state index in [-0.39, 0.29) is 0 Å². The maximum atomic E-state index is 12.7. The minimum atomic E-state index is 0.341. The maximum Gasteiger partial charge on any atom is 0.222 e. The van der Waals surface area contributed by atoms with E-state index in [2.05, 4.69) is 34.2 Å². The van der Waals surface area contributed by atoms with Gasteiger partial charge in [0, 0.05) is 44.7 Å². The molecule has 0 aromatic heterocycles. The molecule has 1 amide bonds. The number of benzene rings is 1. The number of carbonyl (C=O) groups is 1. The van der Waals surface area contributed by atoms with Crippen molar-refractivity contribution in [3.05, 3.63) is 29.8 Å². The standard InChI is InChI=1S/C21H33N3O2/c1-17(18-7-9-22-10-8-18)15-21(25)24-13-11-23(12-14-24)16-19-5-3-4-6-20(19)26-2/h3-6,17-18,22H,7-16H2,1-2H3. The lowest BCUT2D eigenvalue weighted by atomic mass is 9.84. The van der Waals surface area contributed by atoms with E-state index in [0.29, 0.717) is 24.2 Å². The molecule has 1 aromatic carbocycles. The fourth-order valence-electron chi connectivity index (χ4n) is 4.21. The highest BCUT2D eigenvalue weighted by Crippen LogP contribution is 2.25. The van der Waals surface area contributed by atoms with E-state index in [0.717, 1.165) is 51.6 Å². The zero-order valence-corrected chi connectivity index (χ0v) is 16.2. The number of hydrogen-bond acceptors (Lipinski definition) is 4. The highest BCUT2D eigenvalue weighted by molar-refractivity contribution is 5.76. The topological polar surface area (TPSA) is 44.8 Å². The van der Waals surface area contributed by atoms with Crippen molar-refractivity contribution in [2.45, 2.75) is 32.7 Å². The van der Waals surface area contributed by atoms with Crippen LogP contribution in [0.3, 0.4) is 0 Å². The molecule has 2 saturated heterocycles. The number of nitrogens with zero attached hydrogens (tertiary/aromatic N) is 2. The van der Waals surface area contributed by atoms with Crippen molar-refractivity contribution in [2.75, 3.05) is 46.4 Å². The van der Waals surface area contributed by atoms with Crippen LogP contribution in [0.15, 0.2) is 24.3 Å². The van der Waals surface area contributed by atoms with Crippen LogP contribution in [0, 0.1) is 11.8 Å². The van der Waals surface area contributed by atoms with E-state index < -0.39 is 0 Å². The van der Waals surface area contributed by atoms with Gasteiger partial charge in [-0.25, -0.2) is 0 Å². The molecule has 2 aliphatic rings. The van der Waals surface area contributed by atoms with Crippen LogP contribution in [-0.2, 0) is 11.3 Å². The second-order valence-corrected chi connectivity index (χ2v) is 7.74. The molecule has 0 radical (unpaired) electrons. The molecule has 0 spiro atoms. The molecule has 2 fully saturated rings. The second-order valence-electron chi connectivity index (χ2n) is 7.74. The van der Waals surface area contributed by atoms with Crippen molar-refractivity contribution in [3.63, 3.8) is 0 Å². The number of carbonyl (C=O) groups excluding carboxylic acids is 1. The van der Waals surface area contributed by atoms with Crippen molar-refractivity contribution in [3.8, 4) is 5.75 Å². The van der Waals surface area contributed by atoms with Gasteiger partial charge in [-0.1, -0.05) is 25.1 Å². The van der Waals surface area contributed by atoms with Crippen LogP contribution < -0.4 is 10.1 Å². The molecule has 1 N–H and O–H groups in total. The number of para-hydroxylation sites is 1. The molecule has 144 valence electrons. The summed E-state index contributed by atoms with van der Waals surface area (Å²) in [5.74, 6) is 2.48. The van der Waals surface area contributed by atoms with Gasteiger partial charge in [-0.3, -0.25) is 9.69 Å². The first kappa shape index (κ1) is 19.2. The number of methoxy groups -OCH3 is 1. The Balaban J connectivity index is 1.44. The van der Waals surface area contributed by atoms with Crippen molar-refractivity contribution in [2.24, 2.45) is 11.8 Å². The number of hydrogen-bond donors (Lipinski definition) is 1. The minimum Gasteiger partial charge on any atom is -0.496 e. The zero-order chi connectivity index (χ0) is 18.4. The normalized spacial score (nSPS) is 20.8. The smallest absolute Gasteiger partial charge is 0.222 e. The number of amides is 1. The molecule has 0 saturated carbocycles. The highest BCUT2D eigenvalue weighted by Gasteiger charge is 2.26. The van der Waals surface area contributed by atoms with Gasteiger partial charge in [0.25, 0.3) is 0 Å². The molecule has 2 heterocycles. The van der Waals surface area contributed by atoms with Gasteiger partial charge in [-0.15, -0.1) is 0 Å². The van der Waals surface area contributed by atoms with Gasteiger partial charge in [-0.05, 0) is 43.8 Å². The monoisotopic (exact) mass is 359 g/mol. The second kappa shape index (κ2) is 9.38. The lowest BCUT2D eigenvalue weighted by Gasteiger charge is -2.36. The molecule has 1 unspecified atom stereocenters. The summed E-state index contributed by atoms with van der Waals surface area (Å²) >= 11 is 0. The van der Waals surface area contributed by atoms with Crippen molar-refractivity contribution in [1.29, 1.82) is 0 Å². The summed E-state index contributed by atoms with van der Waals surface area (Å²) in [5, 5.41) is 3.41. The fourth-order valence-corrected chi connectivity index (χ4v) is 4.21. The number of rotatable bonds is 6. The first-order chi connectivity index (χ1) is 12.7. The van der Waals surface area contributed by atoms with Gasteiger partial charge in [0.1, 0.15) is 5.75 Å². The first-order valence-corrected chi connectivity index (χ1v) is 10.00. The van der Waals surface area contributed by atoms with Gasteiger partial charge in [0.2, 0.25) is 5.91 Å². The van der Waals surface area contributed by atoms with Gasteiger partial charge >= 0.3 is 0 Å². The van der Waals surface area contributed by atoms with Crippen molar-refractivity contribution >= 4 is 5.91 Å². The molecule has 0 bridgehead atoms. The summed E-state index contributed by atoms with van der Waals surface area (Å²) in [5.41, 5.74) is 1.22. The van der Waals surface area contributed by atoms with Crippen LogP contribution in [0.4, 0.5) is 0 Å². The summed E-state index contributed by atoms with van der Waals surface area (Å²) < 4.78 is 5.45. The minimum absolute atomic E-state index is 0.341. The van der Waals surface area contributed by atoms with Crippen LogP contribution in [0.1, 0.15) is 31.7 Å². The summed E-state index contributed by atoms with van der Waals surface area (Å²) in [4.78, 5) is 17.2. The molecule has 1 atom stereocenters. The summed E-state index contributed by atoms with van der Waals surface area (Å²) in [6, 6.07) is 8.19. The zero-order valence-electron chi connectivity index (χ0n) is 16.2. The summed E-state index contributed by atoms with van der Waals surface area (Å²) in [6.45, 7) is 8.90. The molecular weight excluding hydrogens is 326 g/mol. The fraction of sp³-hybridized carbons (Fsp3) is 0.667. The third-order valence-electron chi connectivity index (χ3n) is 6.00. The molecule has 1 aromatic rings. The largest absolute Gasteiger partial charge is 0.496 e. The van der Waals surface area contributed by atoms with Gasteiger partial charge < -0.3 is 15.0 Å². The van der Waals surface area contributed by atoms with E-state index in [9.17, 15) is 4.79 Å². The van der Waals surface area contributed by atoms with Crippen molar-refractivity contribution < 1.29 is 9.53 Å². The quantitative estimate of drug-likeness (QED) is 0.847. The number of nitrogens with one attached hydrogen (secondary N) is 1. The van der Waals surface area contributed by atoms with E-state index in [1.165, 1.54) is 18.4 Å². The van der Waals surface area contributed by atoms with E-state index in [1.54, 1.807) is 7.11 Å². The van der Waals surface area contributed by atoms with Crippen LogP contribution in [-0.4, -0.2) is 62.1 Å². The van der Waals surface area contributed by atoms with Gasteiger partial charge in [-0.2, -0.15) is 0 Å². The van der Waals surface area contributed by atoms with Crippen molar-refractivity contribution in [1.82, 2.24) is 15.1 Å². The first-order valence-electron chi connectivity index (χ1n) is 10.00. The number of piperidine rings is 1. The maximum absolute atomic E-state index is 12.7. The van der Waals surface area contributed by atoms with E-state index in [1.807, 2.05) is 12.1 Å². The number of piperazine rings is 1. The summed E-state index contributed by atoms with van der Waals surface area (Å²) in [7, 11) is 1.72. The predicted octanol–water partition coefficient (Wildman–Crippen LogP) is 2.37. The molecule has 5 nitrogen and oxygen atoms in total. The molecule has 2 aliphatic heterocycles. The van der Waals surface area contributed by atoms with Crippen LogP contribution >= 0.6 is 0 Å². The Labute approximate surface area is 157 Å². The lowest BCUT2D eigenvalue weighted by Crippen LogP contribution is -2.48. The Kier molecular flexibility index (Phi) is 6.92. The average Bonchev–Trinajstić information content (AvgIpc) is 2.69. The molecule has 5 heteroatoms. The van der Waals surface area contributed by atoms with E-state index in [4.69, 9.17) is 4.74 Å². The number of ether oxygens (including phenoxy) is 1. The molecule has 0 aliphatic carbocycles. The molecular formula is C21H33N3O2. The van der Waals surface area contributed by atoms with Crippen LogP contribution in [0.25, 0.3) is 0 Å². The van der Waals surface area contributed by atoms with Gasteiger partial charge in [0.05, 0.1) is 7.11 Å². The van der Waals surface area contributed by atoms with Gasteiger partial charge in [0.15, 0.2) is 0 Å². The summed E-state index contributed by atoms with van der Waals surface area (Å²) in [6.07, 6.45) is 3.12. The SMILES string of the molecule is COc1ccccc1CN1CCN(C(=O)CC(C)C2CCNCC2)CC1.